The number of nitrogens with zero attached hydrogens (tertiary/aromatic N) is 1. The van der Waals surface area contributed by atoms with E-state index in [0.29, 0.717) is 10.6 Å². The van der Waals surface area contributed by atoms with Crippen molar-refractivity contribution in [2.24, 2.45) is 5.41 Å². The van der Waals surface area contributed by atoms with E-state index in [-0.39, 0.29) is 35.3 Å². The van der Waals surface area contributed by atoms with Gasteiger partial charge in [-0.05, 0) is 24.3 Å². The van der Waals surface area contributed by atoms with Crippen LogP contribution in [0, 0.1) is 5.41 Å². The van der Waals surface area contributed by atoms with Crippen molar-refractivity contribution in [1.82, 2.24) is 10.4 Å². The van der Waals surface area contributed by atoms with E-state index < -0.39 is 29.4 Å². The molecule has 160 valence electrons. The smallest absolute Gasteiger partial charge is 0.277 e. The van der Waals surface area contributed by atoms with Gasteiger partial charge in [-0.25, -0.2) is 5.06 Å². The molecule has 2 aromatic carbocycles. The summed E-state index contributed by atoms with van der Waals surface area (Å²) in [4.78, 5) is 24.8. The van der Waals surface area contributed by atoms with E-state index in [1.54, 1.807) is 55.5 Å². The summed E-state index contributed by atoms with van der Waals surface area (Å²) in [6, 6.07) is 13.1. The second-order valence-corrected chi connectivity index (χ2v) is 8.30. The van der Waals surface area contributed by atoms with Crippen molar-refractivity contribution in [2.45, 2.75) is 19.1 Å². The molecule has 2 amide bonds. The lowest BCUT2D eigenvalue weighted by molar-refractivity contribution is -0.0940. The number of ether oxygens (including phenoxy) is 1. The van der Waals surface area contributed by atoms with E-state index in [2.05, 4.69) is 5.32 Å². The Morgan fingerprint density at radius 2 is 1.80 bits per heavy atom. The molecule has 3 rings (SSSR count). The molecule has 1 aliphatic heterocycles. The summed E-state index contributed by atoms with van der Waals surface area (Å²) in [6.07, 6.45) is -1.75. The Bertz CT molecular complexity index is 907. The highest BCUT2D eigenvalue weighted by atomic mass is 35.5. The highest BCUT2D eigenvalue weighted by Gasteiger charge is 2.47. The molecular weight excluding hydrogens is 431 g/mol. The molecule has 1 aliphatic rings. The summed E-state index contributed by atoms with van der Waals surface area (Å²) in [5, 5.41) is 24.6. The minimum atomic E-state index is -1.03. The van der Waals surface area contributed by atoms with Gasteiger partial charge in [0, 0.05) is 17.5 Å². The number of hydrogen-bond acceptors (Lipinski definition) is 5. The first kappa shape index (κ1) is 22.5. The molecule has 0 radical (unpaired) electrons. The standard InChI is InChI=1S/C21H22Cl2N2O5/c1-21(11-25(29)20(28)13-6-3-2-4-7-13)12-30-16(18(21)26)10-24-19(27)17-14(22)8-5-9-15(17)23/h2-9,16,18,26,29H,10-12H2,1H3,(H,24,27)/t16-,18-,21-/m1/s1. The van der Waals surface area contributed by atoms with Gasteiger partial charge >= 0.3 is 0 Å². The Morgan fingerprint density at radius 1 is 1.17 bits per heavy atom. The van der Waals surface area contributed by atoms with Gasteiger partial charge in [-0.1, -0.05) is 54.4 Å². The molecular formula is C21H22Cl2N2O5. The molecule has 0 spiro atoms. The molecule has 9 heteroatoms. The minimum Gasteiger partial charge on any atom is -0.390 e. The van der Waals surface area contributed by atoms with Crippen LogP contribution in [-0.2, 0) is 4.74 Å². The van der Waals surface area contributed by atoms with Crippen LogP contribution in [0.3, 0.4) is 0 Å². The van der Waals surface area contributed by atoms with Gasteiger partial charge in [-0.2, -0.15) is 0 Å². The number of halogens is 2. The number of carbonyl (C=O) groups is 2. The van der Waals surface area contributed by atoms with Gasteiger partial charge in [0.2, 0.25) is 0 Å². The van der Waals surface area contributed by atoms with Crippen LogP contribution in [0.25, 0.3) is 0 Å². The van der Waals surface area contributed by atoms with Gasteiger partial charge in [-0.3, -0.25) is 14.8 Å². The van der Waals surface area contributed by atoms with Crippen LogP contribution in [0.15, 0.2) is 48.5 Å². The molecule has 1 saturated heterocycles. The predicted octanol–water partition coefficient (Wildman–Crippen LogP) is 3.02. The van der Waals surface area contributed by atoms with Crippen molar-refractivity contribution >= 4 is 35.0 Å². The average Bonchev–Trinajstić information content (AvgIpc) is 3.00. The molecule has 0 aliphatic carbocycles. The van der Waals surface area contributed by atoms with E-state index in [9.17, 15) is 19.9 Å². The van der Waals surface area contributed by atoms with Crippen LogP contribution < -0.4 is 5.32 Å². The Balaban J connectivity index is 1.60. The van der Waals surface area contributed by atoms with Crippen LogP contribution in [-0.4, -0.2) is 59.1 Å². The Labute approximate surface area is 184 Å². The minimum absolute atomic E-state index is 0.00913. The van der Waals surface area contributed by atoms with Gasteiger partial charge in [0.1, 0.15) is 6.10 Å². The van der Waals surface area contributed by atoms with Crippen molar-refractivity contribution in [3.05, 3.63) is 69.7 Å². The fourth-order valence-electron chi connectivity index (χ4n) is 3.37. The van der Waals surface area contributed by atoms with Crippen LogP contribution in [0.4, 0.5) is 0 Å². The summed E-state index contributed by atoms with van der Waals surface area (Å²) < 4.78 is 5.63. The SMILES string of the molecule is C[C@@]1(CN(O)C(=O)c2ccccc2)CO[C@H](CNC(=O)c2c(Cl)cccc2Cl)[C@H]1O. The zero-order chi connectivity index (χ0) is 21.9. The number of aliphatic hydroxyl groups is 1. The van der Waals surface area contributed by atoms with Gasteiger partial charge in [0.25, 0.3) is 11.8 Å². The molecule has 1 fully saturated rings. The van der Waals surface area contributed by atoms with E-state index in [1.807, 2.05) is 0 Å². The number of hydrogen-bond donors (Lipinski definition) is 3. The normalized spacial score (nSPS) is 23.2. The van der Waals surface area contributed by atoms with Gasteiger partial charge in [-0.15, -0.1) is 0 Å². The number of aliphatic hydroxyl groups excluding tert-OH is 1. The molecule has 2 aromatic rings. The maximum atomic E-state index is 12.4. The average molecular weight is 453 g/mol. The lowest BCUT2D eigenvalue weighted by atomic mass is 9.84. The Hall–Kier alpha value is -2.16. The second-order valence-electron chi connectivity index (χ2n) is 7.48. The number of carbonyl (C=O) groups excluding carboxylic acids is 2. The maximum Gasteiger partial charge on any atom is 0.277 e. The molecule has 0 unspecified atom stereocenters. The third-order valence-electron chi connectivity index (χ3n) is 5.11. The Morgan fingerprint density at radius 3 is 2.43 bits per heavy atom. The highest BCUT2D eigenvalue weighted by Crippen LogP contribution is 2.34. The van der Waals surface area contributed by atoms with Gasteiger partial charge < -0.3 is 15.2 Å². The van der Waals surface area contributed by atoms with Crippen LogP contribution in [0.5, 0.6) is 0 Å². The van der Waals surface area contributed by atoms with Gasteiger partial charge in [0.15, 0.2) is 0 Å². The number of hydroxylamine groups is 2. The molecule has 0 saturated carbocycles. The van der Waals surface area contributed by atoms with Gasteiger partial charge in [0.05, 0.1) is 34.9 Å². The fourth-order valence-corrected chi connectivity index (χ4v) is 3.94. The number of benzene rings is 2. The summed E-state index contributed by atoms with van der Waals surface area (Å²) in [5.74, 6) is -1.06. The third-order valence-corrected chi connectivity index (χ3v) is 5.74. The maximum absolute atomic E-state index is 12.4. The van der Waals surface area contributed by atoms with E-state index in [4.69, 9.17) is 27.9 Å². The van der Waals surface area contributed by atoms with Crippen LogP contribution >= 0.6 is 23.2 Å². The fraction of sp³-hybridized carbons (Fsp3) is 0.333. The number of nitrogens with one attached hydrogen (secondary N) is 1. The zero-order valence-corrected chi connectivity index (χ0v) is 17.7. The number of amides is 2. The first-order chi connectivity index (χ1) is 14.2. The van der Waals surface area contributed by atoms with E-state index in [1.165, 1.54) is 0 Å². The second kappa shape index (κ2) is 9.32. The topological polar surface area (TPSA) is 99.1 Å². The van der Waals surface area contributed by atoms with Crippen molar-refractivity contribution < 1.29 is 24.6 Å². The molecule has 3 N–H and O–H groups in total. The summed E-state index contributed by atoms with van der Waals surface area (Å²) in [6.45, 7) is 1.67. The first-order valence-corrected chi connectivity index (χ1v) is 10.1. The zero-order valence-electron chi connectivity index (χ0n) is 16.2. The van der Waals surface area contributed by atoms with Crippen LogP contribution in [0.1, 0.15) is 27.6 Å². The summed E-state index contributed by atoms with van der Waals surface area (Å²) in [5.41, 5.74) is -0.445. The Kier molecular flexibility index (Phi) is 7.00. The summed E-state index contributed by atoms with van der Waals surface area (Å²) in [7, 11) is 0. The van der Waals surface area contributed by atoms with Crippen molar-refractivity contribution in [3.8, 4) is 0 Å². The molecule has 1 heterocycles. The lowest BCUT2D eigenvalue weighted by Gasteiger charge is -2.31. The predicted molar refractivity (Wildman–Crippen MR) is 112 cm³/mol. The molecule has 3 atom stereocenters. The van der Waals surface area contributed by atoms with E-state index in [0.717, 1.165) is 0 Å². The largest absolute Gasteiger partial charge is 0.390 e. The van der Waals surface area contributed by atoms with E-state index >= 15 is 0 Å². The van der Waals surface area contributed by atoms with Crippen molar-refractivity contribution in [3.63, 3.8) is 0 Å². The monoisotopic (exact) mass is 452 g/mol. The molecule has 0 bridgehead atoms. The summed E-state index contributed by atoms with van der Waals surface area (Å²) >= 11 is 12.1. The lowest BCUT2D eigenvalue weighted by Crippen LogP contribution is -2.47. The molecule has 30 heavy (non-hydrogen) atoms. The third kappa shape index (κ3) is 4.77. The van der Waals surface area contributed by atoms with Crippen molar-refractivity contribution in [2.75, 3.05) is 19.7 Å². The van der Waals surface area contributed by atoms with Crippen molar-refractivity contribution in [1.29, 1.82) is 0 Å². The molecule has 7 nitrogen and oxygen atoms in total. The van der Waals surface area contributed by atoms with Crippen LogP contribution in [0.2, 0.25) is 10.0 Å². The first-order valence-electron chi connectivity index (χ1n) is 9.30. The highest BCUT2D eigenvalue weighted by molar-refractivity contribution is 6.39. The molecule has 0 aromatic heterocycles. The quantitative estimate of drug-likeness (QED) is 0.462. The number of rotatable bonds is 6.